The first kappa shape index (κ1) is 13.9. The summed E-state index contributed by atoms with van der Waals surface area (Å²) in [7, 11) is 1.66. The first-order valence-corrected chi connectivity index (χ1v) is 6.95. The zero-order valence-corrected chi connectivity index (χ0v) is 12.2. The monoisotopic (exact) mass is 289 g/mol. The summed E-state index contributed by atoms with van der Waals surface area (Å²) in [5.74, 6) is 1.64. The number of nitrogens with zero attached hydrogens (tertiary/aromatic N) is 3. The number of aromatic nitrogens is 2. The molecule has 108 valence electrons. The normalized spacial score (nSPS) is 10.2. The minimum absolute atomic E-state index is 0.656. The summed E-state index contributed by atoms with van der Waals surface area (Å²) in [4.78, 5) is 4.45. The minimum atomic E-state index is 0.656. The molecule has 0 aliphatic heterocycles. The summed E-state index contributed by atoms with van der Waals surface area (Å²) >= 11 is 0. The van der Waals surface area contributed by atoms with Gasteiger partial charge >= 0.3 is 0 Å². The van der Waals surface area contributed by atoms with Gasteiger partial charge < -0.3 is 9.30 Å². The molecular weight excluding hydrogens is 274 g/mol. The maximum Gasteiger partial charge on any atom is 0.143 e. The third kappa shape index (κ3) is 2.70. The predicted molar refractivity (Wildman–Crippen MR) is 84.5 cm³/mol. The van der Waals surface area contributed by atoms with Crippen LogP contribution < -0.4 is 4.74 Å². The smallest absolute Gasteiger partial charge is 0.143 e. The molecule has 2 aromatic carbocycles. The van der Waals surface area contributed by atoms with E-state index in [-0.39, 0.29) is 0 Å². The van der Waals surface area contributed by atoms with Crippen LogP contribution in [-0.4, -0.2) is 16.7 Å². The van der Waals surface area contributed by atoms with E-state index in [4.69, 9.17) is 10.00 Å². The molecule has 0 N–H and O–H groups in total. The molecule has 0 aliphatic carbocycles. The Balaban J connectivity index is 1.97. The molecule has 0 atom stereocenters. The largest absolute Gasteiger partial charge is 0.496 e. The van der Waals surface area contributed by atoms with Crippen LogP contribution in [0.5, 0.6) is 5.75 Å². The molecule has 3 aromatic rings. The van der Waals surface area contributed by atoms with Gasteiger partial charge in [-0.3, -0.25) is 0 Å². The molecule has 3 rings (SSSR count). The highest BCUT2D eigenvalue weighted by Gasteiger charge is 2.11. The van der Waals surface area contributed by atoms with E-state index in [0.29, 0.717) is 12.1 Å². The van der Waals surface area contributed by atoms with Crippen LogP contribution in [0.25, 0.3) is 11.4 Å². The van der Waals surface area contributed by atoms with Gasteiger partial charge in [0.25, 0.3) is 0 Å². The first-order valence-electron chi connectivity index (χ1n) is 6.95. The molecule has 0 amide bonds. The lowest BCUT2D eigenvalue weighted by Gasteiger charge is -2.11. The number of para-hydroxylation sites is 1. The fourth-order valence-electron chi connectivity index (χ4n) is 2.45. The van der Waals surface area contributed by atoms with Crippen LogP contribution in [0.2, 0.25) is 0 Å². The average Bonchev–Trinajstić information content (AvgIpc) is 3.03. The Morgan fingerprint density at radius 2 is 2.05 bits per heavy atom. The maximum absolute atomic E-state index is 9.00. The third-order valence-corrected chi connectivity index (χ3v) is 3.47. The summed E-state index contributed by atoms with van der Waals surface area (Å²) in [6.07, 6.45) is 3.71. The van der Waals surface area contributed by atoms with E-state index in [9.17, 15) is 0 Å². The van der Waals surface area contributed by atoms with Gasteiger partial charge in [0.1, 0.15) is 11.6 Å². The van der Waals surface area contributed by atoms with Crippen LogP contribution in [0.4, 0.5) is 0 Å². The molecule has 22 heavy (non-hydrogen) atoms. The second-order valence-electron chi connectivity index (χ2n) is 4.89. The molecule has 0 aliphatic rings. The number of ether oxygens (including phenoxy) is 1. The van der Waals surface area contributed by atoms with Gasteiger partial charge in [-0.2, -0.15) is 5.26 Å². The number of hydrogen-bond acceptors (Lipinski definition) is 3. The molecule has 4 heteroatoms. The summed E-state index contributed by atoms with van der Waals surface area (Å²) in [5.41, 5.74) is 2.68. The van der Waals surface area contributed by atoms with E-state index in [1.165, 1.54) is 0 Å². The van der Waals surface area contributed by atoms with Crippen molar-refractivity contribution in [2.75, 3.05) is 7.11 Å². The Bertz CT molecular complexity index is 830. The Hall–Kier alpha value is -3.06. The lowest BCUT2D eigenvalue weighted by atomic mass is 10.1. The zero-order valence-electron chi connectivity index (χ0n) is 12.2. The molecule has 0 saturated carbocycles. The quantitative estimate of drug-likeness (QED) is 0.739. The van der Waals surface area contributed by atoms with Crippen molar-refractivity contribution in [3.63, 3.8) is 0 Å². The predicted octanol–water partition coefficient (Wildman–Crippen LogP) is 3.48. The number of benzene rings is 2. The highest BCUT2D eigenvalue weighted by atomic mass is 16.5. The van der Waals surface area contributed by atoms with Crippen LogP contribution in [0.15, 0.2) is 60.9 Å². The van der Waals surface area contributed by atoms with Crippen molar-refractivity contribution in [3.8, 4) is 23.2 Å². The Morgan fingerprint density at radius 1 is 1.18 bits per heavy atom. The van der Waals surface area contributed by atoms with Crippen LogP contribution in [0, 0.1) is 11.3 Å². The highest BCUT2D eigenvalue weighted by Crippen LogP contribution is 2.28. The second kappa shape index (κ2) is 6.15. The van der Waals surface area contributed by atoms with E-state index in [0.717, 1.165) is 22.7 Å². The van der Waals surface area contributed by atoms with Crippen LogP contribution in [0.3, 0.4) is 0 Å². The van der Waals surface area contributed by atoms with Gasteiger partial charge in [0.15, 0.2) is 0 Å². The zero-order chi connectivity index (χ0) is 15.4. The number of imidazole rings is 1. The Labute approximate surface area is 129 Å². The van der Waals surface area contributed by atoms with E-state index < -0.39 is 0 Å². The van der Waals surface area contributed by atoms with Gasteiger partial charge in [0.2, 0.25) is 0 Å². The number of hydrogen-bond donors (Lipinski definition) is 0. The molecule has 0 bridgehead atoms. The van der Waals surface area contributed by atoms with Gasteiger partial charge in [0.05, 0.1) is 24.3 Å². The van der Waals surface area contributed by atoms with Gasteiger partial charge in [-0.25, -0.2) is 4.98 Å². The van der Waals surface area contributed by atoms with Gasteiger partial charge in [0, 0.05) is 18.9 Å². The lowest BCUT2D eigenvalue weighted by molar-refractivity contribution is 0.416. The highest BCUT2D eigenvalue weighted by molar-refractivity contribution is 5.64. The van der Waals surface area contributed by atoms with Crippen molar-refractivity contribution in [1.29, 1.82) is 5.26 Å². The van der Waals surface area contributed by atoms with E-state index >= 15 is 0 Å². The summed E-state index contributed by atoms with van der Waals surface area (Å²) in [6.45, 7) is 0.656. The van der Waals surface area contributed by atoms with Crippen molar-refractivity contribution in [1.82, 2.24) is 9.55 Å². The van der Waals surface area contributed by atoms with Crippen molar-refractivity contribution < 1.29 is 4.74 Å². The van der Waals surface area contributed by atoms with E-state index in [1.54, 1.807) is 19.4 Å². The average molecular weight is 289 g/mol. The van der Waals surface area contributed by atoms with Gasteiger partial charge in [-0.05, 0) is 29.8 Å². The fraction of sp³-hybridized carbons (Fsp3) is 0.111. The Kier molecular flexibility index (Phi) is 3.88. The molecule has 0 saturated heterocycles. The molecular formula is C18H15N3O. The van der Waals surface area contributed by atoms with E-state index in [2.05, 4.69) is 11.1 Å². The standard InChI is InChI=1S/C18H15N3O/c1-22-17-8-3-2-7-16(17)18-20-9-10-21(18)13-15-6-4-5-14(11-15)12-19/h2-11H,13H2,1H3. The maximum atomic E-state index is 9.00. The SMILES string of the molecule is COc1ccccc1-c1nccn1Cc1cccc(C#N)c1. The number of methoxy groups -OCH3 is 1. The topological polar surface area (TPSA) is 50.8 Å². The van der Waals surface area contributed by atoms with Crippen molar-refractivity contribution >= 4 is 0 Å². The first-order chi connectivity index (χ1) is 10.8. The molecule has 1 aromatic heterocycles. The van der Waals surface area contributed by atoms with Gasteiger partial charge in [-0.1, -0.05) is 24.3 Å². The fourth-order valence-corrected chi connectivity index (χ4v) is 2.45. The molecule has 1 heterocycles. The Morgan fingerprint density at radius 3 is 2.86 bits per heavy atom. The van der Waals surface area contributed by atoms with E-state index in [1.807, 2.05) is 53.2 Å². The summed E-state index contributed by atoms with van der Waals surface area (Å²) < 4.78 is 7.46. The molecule has 0 spiro atoms. The van der Waals surface area contributed by atoms with Gasteiger partial charge in [-0.15, -0.1) is 0 Å². The van der Waals surface area contributed by atoms with Crippen molar-refractivity contribution in [3.05, 3.63) is 72.1 Å². The summed E-state index contributed by atoms with van der Waals surface area (Å²) in [6, 6.07) is 17.6. The molecule has 0 fully saturated rings. The van der Waals surface area contributed by atoms with Crippen molar-refractivity contribution in [2.24, 2.45) is 0 Å². The molecule has 4 nitrogen and oxygen atoms in total. The summed E-state index contributed by atoms with van der Waals surface area (Å²) in [5, 5.41) is 9.00. The molecule has 0 unspecified atom stereocenters. The second-order valence-corrected chi connectivity index (χ2v) is 4.89. The van der Waals surface area contributed by atoms with Crippen LogP contribution in [-0.2, 0) is 6.54 Å². The van der Waals surface area contributed by atoms with Crippen LogP contribution >= 0.6 is 0 Å². The third-order valence-electron chi connectivity index (χ3n) is 3.47. The number of rotatable bonds is 4. The molecule has 0 radical (unpaired) electrons. The number of nitriles is 1. The lowest BCUT2D eigenvalue weighted by Crippen LogP contribution is -2.02. The van der Waals surface area contributed by atoms with Crippen molar-refractivity contribution in [2.45, 2.75) is 6.54 Å². The van der Waals surface area contributed by atoms with Crippen LogP contribution in [0.1, 0.15) is 11.1 Å². The minimum Gasteiger partial charge on any atom is -0.496 e.